The Kier molecular flexibility index (Phi) is 11.5. The van der Waals surface area contributed by atoms with Crippen molar-refractivity contribution in [3.8, 4) is 5.75 Å². The number of halogens is 2. The number of nitrogens with zero attached hydrogens (tertiary/aromatic N) is 3. The van der Waals surface area contributed by atoms with Crippen molar-refractivity contribution in [2.45, 2.75) is 37.9 Å². The average molecular weight is 557 g/mol. The molecule has 0 aromatic heterocycles. The van der Waals surface area contributed by atoms with E-state index in [1.54, 1.807) is 7.11 Å². The second kappa shape index (κ2) is 14.5. The van der Waals surface area contributed by atoms with Gasteiger partial charge in [-0.05, 0) is 48.2 Å². The summed E-state index contributed by atoms with van der Waals surface area (Å²) >= 11 is 0. The van der Waals surface area contributed by atoms with Gasteiger partial charge in [-0.3, -0.25) is 14.6 Å². The van der Waals surface area contributed by atoms with Crippen LogP contribution < -0.4 is 4.74 Å². The van der Waals surface area contributed by atoms with Gasteiger partial charge in [0, 0.05) is 32.7 Å². The lowest BCUT2D eigenvalue weighted by Crippen LogP contribution is -2.56. The summed E-state index contributed by atoms with van der Waals surface area (Å²) in [4.78, 5) is 20.7. The Bertz CT molecular complexity index is 1070. The normalized spacial score (nSPS) is 18.4. The molecule has 1 amide bonds. The van der Waals surface area contributed by atoms with Crippen LogP contribution >= 0.6 is 24.8 Å². The van der Waals surface area contributed by atoms with Gasteiger partial charge in [0.1, 0.15) is 5.75 Å². The standard InChI is InChI=1S/C31H37N3O2.2ClH/c1-36-28-17-15-25(16-18-28)24-34-19-9-8-14-29(34)31(35)33-22-20-32(21-23-33)30(26-10-4-2-5-11-26)27-12-6-3-7-13-27;;/h2-7,10-13,15-18,29-30H,8-9,14,19-24H2,1H3;2*1H/t29-;;/m0../s1. The summed E-state index contributed by atoms with van der Waals surface area (Å²) in [6, 6.07) is 29.9. The predicted octanol–water partition coefficient (Wildman–Crippen LogP) is 5.83. The number of piperazine rings is 1. The smallest absolute Gasteiger partial charge is 0.240 e. The Morgan fingerprint density at radius 3 is 1.92 bits per heavy atom. The zero-order chi connectivity index (χ0) is 24.7. The fraction of sp³-hybridized carbons (Fsp3) is 0.387. The van der Waals surface area contributed by atoms with Gasteiger partial charge in [-0.15, -0.1) is 24.8 Å². The van der Waals surface area contributed by atoms with Gasteiger partial charge in [-0.25, -0.2) is 0 Å². The molecule has 5 rings (SSSR count). The second-order valence-corrected chi connectivity index (χ2v) is 9.92. The molecule has 2 aliphatic rings. The first kappa shape index (κ1) is 30.0. The van der Waals surface area contributed by atoms with Crippen LogP contribution in [-0.4, -0.2) is 66.5 Å². The lowest BCUT2D eigenvalue weighted by molar-refractivity contribution is -0.140. The molecule has 1 atom stereocenters. The molecule has 2 saturated heterocycles. The molecule has 3 aromatic carbocycles. The minimum atomic E-state index is -0.0218. The van der Waals surface area contributed by atoms with Crippen LogP contribution in [0.25, 0.3) is 0 Å². The maximum absolute atomic E-state index is 13.7. The lowest BCUT2D eigenvalue weighted by atomic mass is 9.96. The van der Waals surface area contributed by atoms with Crippen LogP contribution in [0.3, 0.4) is 0 Å². The number of carbonyl (C=O) groups is 1. The van der Waals surface area contributed by atoms with Crippen LogP contribution in [-0.2, 0) is 11.3 Å². The van der Waals surface area contributed by atoms with Crippen LogP contribution in [0.5, 0.6) is 5.75 Å². The van der Waals surface area contributed by atoms with Crippen molar-refractivity contribution in [3.63, 3.8) is 0 Å². The SMILES string of the molecule is COc1ccc(CN2CCCC[C@H]2C(=O)N2CCN(C(c3ccccc3)c3ccccc3)CC2)cc1.Cl.Cl. The van der Waals surface area contributed by atoms with Gasteiger partial charge < -0.3 is 9.64 Å². The summed E-state index contributed by atoms with van der Waals surface area (Å²) < 4.78 is 5.30. The van der Waals surface area contributed by atoms with Crippen LogP contribution in [0.2, 0.25) is 0 Å². The first-order valence-corrected chi connectivity index (χ1v) is 13.2. The van der Waals surface area contributed by atoms with E-state index in [2.05, 4.69) is 87.5 Å². The average Bonchev–Trinajstić information content (AvgIpc) is 2.95. The van der Waals surface area contributed by atoms with Crippen molar-refractivity contribution in [1.82, 2.24) is 14.7 Å². The topological polar surface area (TPSA) is 36.0 Å². The molecule has 0 saturated carbocycles. The van der Waals surface area contributed by atoms with E-state index in [0.29, 0.717) is 5.91 Å². The number of ether oxygens (including phenoxy) is 1. The van der Waals surface area contributed by atoms with Gasteiger partial charge >= 0.3 is 0 Å². The molecule has 2 heterocycles. The fourth-order valence-corrected chi connectivity index (χ4v) is 5.72. The third-order valence-electron chi connectivity index (χ3n) is 7.67. The van der Waals surface area contributed by atoms with E-state index in [9.17, 15) is 4.79 Å². The summed E-state index contributed by atoms with van der Waals surface area (Å²) in [7, 11) is 1.69. The van der Waals surface area contributed by atoms with Crippen LogP contribution in [0, 0.1) is 0 Å². The van der Waals surface area contributed by atoms with E-state index in [1.807, 2.05) is 12.1 Å². The first-order chi connectivity index (χ1) is 17.7. The van der Waals surface area contributed by atoms with Crippen molar-refractivity contribution in [3.05, 3.63) is 102 Å². The molecule has 0 N–H and O–H groups in total. The first-order valence-electron chi connectivity index (χ1n) is 13.2. The number of amides is 1. The number of piperidine rings is 1. The summed E-state index contributed by atoms with van der Waals surface area (Å²) in [5.41, 5.74) is 3.84. The molecule has 204 valence electrons. The Balaban J connectivity index is 0.00000200. The van der Waals surface area contributed by atoms with E-state index in [0.717, 1.165) is 64.3 Å². The molecule has 38 heavy (non-hydrogen) atoms. The predicted molar refractivity (Wildman–Crippen MR) is 158 cm³/mol. The van der Waals surface area contributed by atoms with Crippen LogP contribution in [0.4, 0.5) is 0 Å². The number of methoxy groups -OCH3 is 1. The molecular weight excluding hydrogens is 517 g/mol. The zero-order valence-corrected chi connectivity index (χ0v) is 23.7. The number of benzene rings is 3. The van der Waals surface area contributed by atoms with Crippen molar-refractivity contribution in [2.24, 2.45) is 0 Å². The zero-order valence-electron chi connectivity index (χ0n) is 22.1. The summed E-state index contributed by atoms with van der Waals surface area (Å²) in [6.45, 7) is 5.11. The van der Waals surface area contributed by atoms with Gasteiger partial charge in [0.25, 0.3) is 0 Å². The number of hydrogen-bond donors (Lipinski definition) is 0. The number of likely N-dealkylation sites (tertiary alicyclic amines) is 1. The van der Waals surface area contributed by atoms with Crippen molar-refractivity contribution >= 4 is 30.7 Å². The molecule has 2 aliphatic heterocycles. The molecule has 0 aliphatic carbocycles. The molecular formula is C31H39Cl2N3O2. The lowest BCUT2D eigenvalue weighted by Gasteiger charge is -2.43. The highest BCUT2D eigenvalue weighted by atomic mass is 35.5. The highest BCUT2D eigenvalue weighted by molar-refractivity contribution is 5.85. The maximum Gasteiger partial charge on any atom is 0.240 e. The number of carbonyl (C=O) groups excluding carboxylic acids is 1. The van der Waals surface area contributed by atoms with Crippen LogP contribution in [0.1, 0.15) is 42.0 Å². The fourth-order valence-electron chi connectivity index (χ4n) is 5.72. The van der Waals surface area contributed by atoms with Crippen LogP contribution in [0.15, 0.2) is 84.9 Å². The monoisotopic (exact) mass is 555 g/mol. The number of rotatable bonds is 7. The van der Waals surface area contributed by atoms with Crippen molar-refractivity contribution in [1.29, 1.82) is 0 Å². The largest absolute Gasteiger partial charge is 0.497 e. The maximum atomic E-state index is 13.7. The minimum Gasteiger partial charge on any atom is -0.497 e. The van der Waals surface area contributed by atoms with E-state index in [-0.39, 0.29) is 36.9 Å². The third-order valence-corrected chi connectivity index (χ3v) is 7.67. The van der Waals surface area contributed by atoms with E-state index >= 15 is 0 Å². The molecule has 2 fully saturated rings. The molecule has 5 nitrogen and oxygen atoms in total. The van der Waals surface area contributed by atoms with E-state index in [1.165, 1.54) is 16.7 Å². The quantitative estimate of drug-likeness (QED) is 0.367. The highest BCUT2D eigenvalue weighted by Crippen LogP contribution is 2.30. The molecule has 7 heteroatoms. The Morgan fingerprint density at radius 2 is 1.37 bits per heavy atom. The van der Waals surface area contributed by atoms with Gasteiger partial charge in [-0.1, -0.05) is 79.2 Å². The number of hydrogen-bond acceptors (Lipinski definition) is 4. The molecule has 0 spiro atoms. The van der Waals surface area contributed by atoms with Gasteiger partial charge in [0.15, 0.2) is 0 Å². The third kappa shape index (κ3) is 7.09. The van der Waals surface area contributed by atoms with E-state index < -0.39 is 0 Å². The summed E-state index contributed by atoms with van der Waals surface area (Å²) in [5.74, 6) is 1.17. The van der Waals surface area contributed by atoms with Crippen molar-refractivity contribution in [2.75, 3.05) is 39.8 Å². The second-order valence-electron chi connectivity index (χ2n) is 9.92. The Hall–Kier alpha value is -2.57. The molecule has 0 unspecified atom stereocenters. The molecule has 0 bridgehead atoms. The molecule has 0 radical (unpaired) electrons. The van der Waals surface area contributed by atoms with Gasteiger partial charge in [0.05, 0.1) is 19.2 Å². The van der Waals surface area contributed by atoms with E-state index in [4.69, 9.17) is 4.74 Å². The molecule has 3 aromatic rings. The van der Waals surface area contributed by atoms with Crippen molar-refractivity contribution < 1.29 is 9.53 Å². The minimum absolute atomic E-state index is 0. The summed E-state index contributed by atoms with van der Waals surface area (Å²) in [6.07, 6.45) is 3.23. The summed E-state index contributed by atoms with van der Waals surface area (Å²) in [5, 5.41) is 0. The highest BCUT2D eigenvalue weighted by Gasteiger charge is 2.34. The van der Waals surface area contributed by atoms with Gasteiger partial charge in [-0.2, -0.15) is 0 Å². The van der Waals surface area contributed by atoms with Gasteiger partial charge in [0.2, 0.25) is 5.91 Å². The Labute approximate surface area is 239 Å². The Morgan fingerprint density at radius 1 is 0.789 bits per heavy atom.